The number of para-hydroxylation sites is 1. The Kier molecular flexibility index (Phi) is 4.99. The average Bonchev–Trinajstić information content (AvgIpc) is 2.70. The number of esters is 1. The molecular weight excluding hydrogens is 384 g/mol. The monoisotopic (exact) mass is 404 g/mol. The van der Waals surface area contributed by atoms with Crippen LogP contribution in [0.2, 0.25) is 0 Å². The number of aryl methyl sites for hydroxylation is 1. The van der Waals surface area contributed by atoms with Crippen LogP contribution in [-0.4, -0.2) is 5.97 Å². The largest absolute Gasteiger partial charge is 0.455 e. The molecule has 0 N–H and O–H groups in total. The fraction of sp³-hybridized carbons (Fsp3) is 0.208. The van der Waals surface area contributed by atoms with Crippen LogP contribution in [0, 0.1) is 6.92 Å². The Morgan fingerprint density at radius 1 is 0.967 bits per heavy atom. The SMILES string of the molecule is Cc1cc2oc(=O)cc(COC(=O)c3cc(=O)c4ccccc4o3)c2cc1C(C)C. The van der Waals surface area contributed by atoms with Crippen LogP contribution in [0.5, 0.6) is 0 Å². The molecule has 2 heterocycles. The summed E-state index contributed by atoms with van der Waals surface area (Å²) in [4.78, 5) is 36.7. The molecule has 4 rings (SSSR count). The van der Waals surface area contributed by atoms with Gasteiger partial charge in [-0.1, -0.05) is 26.0 Å². The maximum Gasteiger partial charge on any atom is 0.374 e. The molecule has 0 bridgehead atoms. The number of benzene rings is 2. The van der Waals surface area contributed by atoms with Crippen molar-refractivity contribution in [3.8, 4) is 0 Å². The Morgan fingerprint density at radius 3 is 2.50 bits per heavy atom. The molecule has 0 aliphatic rings. The van der Waals surface area contributed by atoms with Gasteiger partial charge in [0.25, 0.3) is 0 Å². The van der Waals surface area contributed by atoms with Crippen molar-refractivity contribution in [2.24, 2.45) is 0 Å². The third-order valence-corrected chi connectivity index (χ3v) is 5.03. The molecule has 2 aromatic carbocycles. The normalized spacial score (nSPS) is 11.3. The molecule has 0 saturated heterocycles. The van der Waals surface area contributed by atoms with Gasteiger partial charge in [-0.2, -0.15) is 0 Å². The lowest BCUT2D eigenvalue weighted by Gasteiger charge is -2.13. The van der Waals surface area contributed by atoms with Gasteiger partial charge in [0.1, 0.15) is 17.8 Å². The molecule has 4 aromatic rings. The zero-order chi connectivity index (χ0) is 21.4. The summed E-state index contributed by atoms with van der Waals surface area (Å²) in [6, 6.07) is 12.9. The molecule has 30 heavy (non-hydrogen) atoms. The minimum atomic E-state index is -0.782. The van der Waals surface area contributed by atoms with E-state index in [9.17, 15) is 14.4 Å². The standard InChI is InChI=1S/C24H20O6/c1-13(2)17-10-18-15(9-23(26)30-21(18)8-14(17)3)12-28-24(27)22-11-19(25)16-6-4-5-7-20(16)29-22/h4-11,13H,12H2,1-3H3. The minimum absolute atomic E-state index is 0.155. The highest BCUT2D eigenvalue weighted by Gasteiger charge is 2.16. The lowest BCUT2D eigenvalue weighted by atomic mass is 9.95. The first kappa shape index (κ1) is 19.6. The Morgan fingerprint density at radius 2 is 1.73 bits per heavy atom. The van der Waals surface area contributed by atoms with Crippen molar-refractivity contribution in [2.75, 3.05) is 0 Å². The second-order valence-corrected chi connectivity index (χ2v) is 7.50. The number of carbonyl (C=O) groups excluding carboxylic acids is 1. The predicted molar refractivity (Wildman–Crippen MR) is 113 cm³/mol. The van der Waals surface area contributed by atoms with E-state index in [1.165, 1.54) is 6.07 Å². The molecule has 2 aromatic heterocycles. The molecular formula is C24H20O6. The number of hydrogen-bond acceptors (Lipinski definition) is 6. The summed E-state index contributed by atoms with van der Waals surface area (Å²) in [5.74, 6) is -0.691. The minimum Gasteiger partial charge on any atom is -0.455 e. The van der Waals surface area contributed by atoms with Crippen LogP contribution in [0.1, 0.15) is 47.0 Å². The lowest BCUT2D eigenvalue weighted by Crippen LogP contribution is -2.11. The van der Waals surface area contributed by atoms with Crippen LogP contribution in [0.3, 0.4) is 0 Å². The first-order chi connectivity index (χ1) is 14.3. The van der Waals surface area contributed by atoms with E-state index in [1.807, 2.05) is 19.1 Å². The van der Waals surface area contributed by atoms with E-state index >= 15 is 0 Å². The van der Waals surface area contributed by atoms with Crippen molar-refractivity contribution in [3.05, 3.63) is 91.6 Å². The van der Waals surface area contributed by atoms with Gasteiger partial charge in [-0.05, 0) is 48.2 Å². The smallest absolute Gasteiger partial charge is 0.374 e. The van der Waals surface area contributed by atoms with E-state index in [2.05, 4.69) is 13.8 Å². The summed E-state index contributed by atoms with van der Waals surface area (Å²) in [6.45, 7) is 5.96. The van der Waals surface area contributed by atoms with Crippen LogP contribution >= 0.6 is 0 Å². The molecule has 0 aliphatic heterocycles. The third kappa shape index (κ3) is 3.64. The van der Waals surface area contributed by atoms with Gasteiger partial charge < -0.3 is 13.6 Å². The number of hydrogen-bond donors (Lipinski definition) is 0. The van der Waals surface area contributed by atoms with E-state index in [-0.39, 0.29) is 23.7 Å². The van der Waals surface area contributed by atoms with Crippen molar-refractivity contribution >= 4 is 27.9 Å². The van der Waals surface area contributed by atoms with Gasteiger partial charge >= 0.3 is 11.6 Å². The Balaban J connectivity index is 1.68. The molecule has 0 atom stereocenters. The second kappa shape index (κ2) is 7.63. The van der Waals surface area contributed by atoms with Gasteiger partial charge in [0, 0.05) is 23.1 Å². The van der Waals surface area contributed by atoms with Crippen LogP contribution in [0.25, 0.3) is 21.9 Å². The van der Waals surface area contributed by atoms with E-state index in [0.29, 0.717) is 27.5 Å². The van der Waals surface area contributed by atoms with Gasteiger partial charge in [-0.3, -0.25) is 4.79 Å². The number of fused-ring (bicyclic) bond motifs is 2. The highest BCUT2D eigenvalue weighted by molar-refractivity contribution is 5.89. The first-order valence-corrected chi connectivity index (χ1v) is 9.61. The van der Waals surface area contributed by atoms with E-state index in [0.717, 1.165) is 17.2 Å². The van der Waals surface area contributed by atoms with Crippen LogP contribution in [0.15, 0.2) is 67.0 Å². The van der Waals surface area contributed by atoms with E-state index < -0.39 is 11.6 Å². The summed E-state index contributed by atoms with van der Waals surface area (Å²) in [5.41, 5.74) is 2.55. The number of ether oxygens (including phenoxy) is 1. The summed E-state index contributed by atoms with van der Waals surface area (Å²) in [6.07, 6.45) is 0. The Labute approximate surface area is 171 Å². The number of rotatable bonds is 4. The molecule has 0 unspecified atom stereocenters. The van der Waals surface area contributed by atoms with Gasteiger partial charge in [0.05, 0.1) is 5.39 Å². The van der Waals surface area contributed by atoms with Crippen molar-refractivity contribution in [1.82, 2.24) is 0 Å². The summed E-state index contributed by atoms with van der Waals surface area (Å²) < 4.78 is 16.2. The summed E-state index contributed by atoms with van der Waals surface area (Å²) in [7, 11) is 0. The third-order valence-electron chi connectivity index (χ3n) is 5.03. The molecule has 0 amide bonds. The Hall–Kier alpha value is -3.67. The quantitative estimate of drug-likeness (QED) is 0.362. The zero-order valence-electron chi connectivity index (χ0n) is 16.9. The maximum absolute atomic E-state index is 12.5. The van der Waals surface area contributed by atoms with Gasteiger partial charge in [0.2, 0.25) is 5.76 Å². The molecule has 0 saturated carbocycles. The Bertz CT molecular complexity index is 1390. The molecule has 0 aliphatic carbocycles. The van der Waals surface area contributed by atoms with Crippen LogP contribution in [0.4, 0.5) is 0 Å². The van der Waals surface area contributed by atoms with E-state index in [1.54, 1.807) is 24.3 Å². The highest BCUT2D eigenvalue weighted by Crippen LogP contribution is 2.27. The fourth-order valence-electron chi connectivity index (χ4n) is 3.55. The molecule has 6 nitrogen and oxygen atoms in total. The maximum atomic E-state index is 12.5. The molecule has 6 heteroatoms. The zero-order valence-corrected chi connectivity index (χ0v) is 16.9. The van der Waals surface area contributed by atoms with Crippen molar-refractivity contribution in [2.45, 2.75) is 33.3 Å². The second-order valence-electron chi connectivity index (χ2n) is 7.50. The van der Waals surface area contributed by atoms with Gasteiger partial charge in [-0.15, -0.1) is 0 Å². The van der Waals surface area contributed by atoms with Crippen LogP contribution < -0.4 is 11.1 Å². The first-order valence-electron chi connectivity index (χ1n) is 9.61. The van der Waals surface area contributed by atoms with Crippen molar-refractivity contribution in [3.63, 3.8) is 0 Å². The summed E-state index contributed by atoms with van der Waals surface area (Å²) in [5, 5.41) is 1.09. The molecule has 152 valence electrons. The van der Waals surface area contributed by atoms with Gasteiger partial charge in [0.15, 0.2) is 5.43 Å². The average molecular weight is 404 g/mol. The number of carbonyl (C=O) groups is 1. The summed E-state index contributed by atoms with van der Waals surface area (Å²) >= 11 is 0. The molecule has 0 radical (unpaired) electrons. The van der Waals surface area contributed by atoms with E-state index in [4.69, 9.17) is 13.6 Å². The molecule has 0 spiro atoms. The highest BCUT2D eigenvalue weighted by atomic mass is 16.5. The predicted octanol–water partition coefficient (Wildman–Crippen LogP) is 4.69. The lowest BCUT2D eigenvalue weighted by molar-refractivity contribution is 0.0438. The van der Waals surface area contributed by atoms with Crippen molar-refractivity contribution < 1.29 is 18.4 Å². The fourth-order valence-corrected chi connectivity index (χ4v) is 3.55. The van der Waals surface area contributed by atoms with Gasteiger partial charge in [-0.25, -0.2) is 9.59 Å². The van der Waals surface area contributed by atoms with Crippen LogP contribution in [-0.2, 0) is 11.3 Å². The molecule has 0 fully saturated rings. The topological polar surface area (TPSA) is 86.7 Å². The van der Waals surface area contributed by atoms with Crippen molar-refractivity contribution in [1.29, 1.82) is 0 Å².